The zero-order valence-electron chi connectivity index (χ0n) is 11.4. The maximum Gasteiger partial charge on any atom is 0.316 e. The number of benzene rings is 2. The van der Waals surface area contributed by atoms with Crippen molar-refractivity contribution in [2.24, 2.45) is 5.73 Å². The van der Waals surface area contributed by atoms with E-state index in [1.54, 1.807) is 30.3 Å². The number of hydrogen-bond donors (Lipinski definition) is 3. The topological polar surface area (TPSA) is 67.2 Å². The number of amides is 2. The molecule has 0 heterocycles. The standard InChI is InChI=1S/C15H15Cl2N3O/c1-9(19-14-12(16)3-2-4-13(14)17)10-5-7-11(8-6-10)20-15(18)21/h2-9,19H,1H3,(H3,18,20,21). The Morgan fingerprint density at radius 1 is 1.10 bits per heavy atom. The van der Waals surface area contributed by atoms with Crippen LogP contribution in [0.25, 0.3) is 0 Å². The second-order valence-corrected chi connectivity index (χ2v) is 5.39. The van der Waals surface area contributed by atoms with Gasteiger partial charge in [-0.3, -0.25) is 0 Å². The Morgan fingerprint density at radius 2 is 1.67 bits per heavy atom. The summed E-state index contributed by atoms with van der Waals surface area (Å²) in [7, 11) is 0. The van der Waals surface area contributed by atoms with E-state index in [-0.39, 0.29) is 6.04 Å². The highest BCUT2D eigenvalue weighted by Crippen LogP contribution is 2.32. The van der Waals surface area contributed by atoms with Gasteiger partial charge in [0.2, 0.25) is 0 Å². The van der Waals surface area contributed by atoms with Crippen LogP contribution < -0.4 is 16.4 Å². The number of carbonyl (C=O) groups excluding carboxylic acids is 1. The van der Waals surface area contributed by atoms with Crippen LogP contribution in [-0.4, -0.2) is 6.03 Å². The van der Waals surface area contributed by atoms with Crippen molar-refractivity contribution in [3.05, 3.63) is 58.1 Å². The van der Waals surface area contributed by atoms with Gasteiger partial charge in [0.1, 0.15) is 0 Å². The van der Waals surface area contributed by atoms with Crippen molar-refractivity contribution < 1.29 is 4.79 Å². The monoisotopic (exact) mass is 323 g/mol. The van der Waals surface area contributed by atoms with Crippen LogP contribution in [0.15, 0.2) is 42.5 Å². The fraction of sp³-hybridized carbons (Fsp3) is 0.133. The number of rotatable bonds is 4. The molecule has 1 atom stereocenters. The van der Waals surface area contributed by atoms with Gasteiger partial charge in [0, 0.05) is 11.7 Å². The predicted octanol–water partition coefficient (Wildman–Crippen LogP) is 4.66. The highest BCUT2D eigenvalue weighted by atomic mass is 35.5. The normalized spacial score (nSPS) is 11.8. The van der Waals surface area contributed by atoms with E-state index in [1.807, 2.05) is 19.1 Å². The number of nitrogens with two attached hydrogens (primary N) is 1. The molecule has 1 unspecified atom stereocenters. The number of carbonyl (C=O) groups is 1. The van der Waals surface area contributed by atoms with Crippen LogP contribution in [0.2, 0.25) is 10.0 Å². The second-order valence-electron chi connectivity index (χ2n) is 4.57. The maximum atomic E-state index is 10.8. The zero-order valence-corrected chi connectivity index (χ0v) is 12.9. The van der Waals surface area contributed by atoms with E-state index in [4.69, 9.17) is 28.9 Å². The van der Waals surface area contributed by atoms with Crippen LogP contribution in [0.3, 0.4) is 0 Å². The predicted molar refractivity (Wildman–Crippen MR) is 88.1 cm³/mol. The van der Waals surface area contributed by atoms with E-state index in [0.717, 1.165) is 5.56 Å². The molecule has 0 aliphatic carbocycles. The first-order valence-electron chi connectivity index (χ1n) is 6.34. The Kier molecular flexibility index (Phi) is 4.94. The van der Waals surface area contributed by atoms with Crippen LogP contribution >= 0.6 is 23.2 Å². The summed E-state index contributed by atoms with van der Waals surface area (Å²) in [5, 5.41) is 6.94. The van der Waals surface area contributed by atoms with Crippen LogP contribution in [0.5, 0.6) is 0 Å². The lowest BCUT2D eigenvalue weighted by Gasteiger charge is -2.18. The SMILES string of the molecule is CC(Nc1c(Cl)cccc1Cl)c1ccc(NC(N)=O)cc1. The van der Waals surface area contributed by atoms with Gasteiger partial charge in [-0.05, 0) is 36.8 Å². The van der Waals surface area contributed by atoms with E-state index in [2.05, 4.69) is 10.6 Å². The number of hydrogen-bond acceptors (Lipinski definition) is 2. The van der Waals surface area contributed by atoms with Gasteiger partial charge in [0.25, 0.3) is 0 Å². The molecule has 2 rings (SSSR count). The quantitative estimate of drug-likeness (QED) is 0.766. The van der Waals surface area contributed by atoms with E-state index < -0.39 is 6.03 Å². The summed E-state index contributed by atoms with van der Waals surface area (Å²) >= 11 is 12.3. The van der Waals surface area contributed by atoms with Gasteiger partial charge in [0.15, 0.2) is 0 Å². The third-order valence-corrected chi connectivity index (χ3v) is 3.63. The van der Waals surface area contributed by atoms with Gasteiger partial charge < -0.3 is 16.4 Å². The van der Waals surface area contributed by atoms with Gasteiger partial charge >= 0.3 is 6.03 Å². The lowest BCUT2D eigenvalue weighted by Crippen LogP contribution is -2.19. The molecule has 2 aromatic rings. The Bertz CT molecular complexity index is 624. The fourth-order valence-electron chi connectivity index (χ4n) is 1.93. The lowest BCUT2D eigenvalue weighted by atomic mass is 10.1. The molecule has 110 valence electrons. The molecule has 0 saturated carbocycles. The molecule has 0 bridgehead atoms. The molecule has 2 amide bonds. The molecular weight excluding hydrogens is 309 g/mol. The van der Waals surface area contributed by atoms with Crippen LogP contribution in [-0.2, 0) is 0 Å². The van der Waals surface area contributed by atoms with Crippen molar-refractivity contribution in [1.82, 2.24) is 0 Å². The molecule has 0 saturated heterocycles. The highest BCUT2D eigenvalue weighted by molar-refractivity contribution is 6.39. The van der Waals surface area contributed by atoms with Gasteiger partial charge in [0.05, 0.1) is 15.7 Å². The molecule has 0 fully saturated rings. The maximum absolute atomic E-state index is 10.8. The molecule has 0 radical (unpaired) electrons. The van der Waals surface area contributed by atoms with Gasteiger partial charge in [-0.25, -0.2) is 4.79 Å². The first kappa shape index (κ1) is 15.5. The van der Waals surface area contributed by atoms with Crippen molar-refractivity contribution >= 4 is 40.6 Å². The third-order valence-electron chi connectivity index (χ3n) is 3.00. The van der Waals surface area contributed by atoms with Gasteiger partial charge in [-0.1, -0.05) is 41.4 Å². The van der Waals surface area contributed by atoms with Crippen molar-refractivity contribution in [2.45, 2.75) is 13.0 Å². The minimum Gasteiger partial charge on any atom is -0.376 e. The van der Waals surface area contributed by atoms with Crippen molar-refractivity contribution in [1.29, 1.82) is 0 Å². The van der Waals surface area contributed by atoms with E-state index in [9.17, 15) is 4.79 Å². The summed E-state index contributed by atoms with van der Waals surface area (Å²) in [6, 6.07) is 12.1. The Morgan fingerprint density at radius 3 is 2.19 bits per heavy atom. The number of para-hydroxylation sites is 1. The summed E-state index contributed by atoms with van der Waals surface area (Å²) in [4.78, 5) is 10.8. The molecule has 6 heteroatoms. The van der Waals surface area contributed by atoms with Gasteiger partial charge in [-0.2, -0.15) is 0 Å². The van der Waals surface area contributed by atoms with Crippen LogP contribution in [0, 0.1) is 0 Å². The molecule has 0 aliphatic rings. The third kappa shape index (κ3) is 4.03. The smallest absolute Gasteiger partial charge is 0.316 e. The zero-order chi connectivity index (χ0) is 15.4. The highest BCUT2D eigenvalue weighted by Gasteiger charge is 2.10. The Hall–Kier alpha value is -1.91. The molecule has 0 aromatic heterocycles. The minimum atomic E-state index is -0.586. The summed E-state index contributed by atoms with van der Waals surface area (Å²) in [5.41, 5.74) is 7.44. The number of urea groups is 1. The van der Waals surface area contributed by atoms with E-state index >= 15 is 0 Å². The summed E-state index contributed by atoms with van der Waals surface area (Å²) < 4.78 is 0. The van der Waals surface area contributed by atoms with Crippen molar-refractivity contribution in [2.75, 3.05) is 10.6 Å². The van der Waals surface area contributed by atoms with Crippen LogP contribution in [0.4, 0.5) is 16.2 Å². The summed E-state index contributed by atoms with van der Waals surface area (Å²) in [6.07, 6.45) is 0. The van der Waals surface area contributed by atoms with Crippen molar-refractivity contribution in [3.63, 3.8) is 0 Å². The number of primary amides is 1. The minimum absolute atomic E-state index is 0.00466. The van der Waals surface area contributed by atoms with E-state index in [1.165, 1.54) is 0 Å². The van der Waals surface area contributed by atoms with Crippen molar-refractivity contribution in [3.8, 4) is 0 Å². The van der Waals surface area contributed by atoms with E-state index in [0.29, 0.717) is 21.4 Å². The largest absolute Gasteiger partial charge is 0.376 e. The molecule has 0 spiro atoms. The first-order valence-corrected chi connectivity index (χ1v) is 7.10. The molecule has 2 aromatic carbocycles. The lowest BCUT2D eigenvalue weighted by molar-refractivity contribution is 0.259. The molecule has 21 heavy (non-hydrogen) atoms. The first-order chi connectivity index (χ1) is 9.97. The number of halogens is 2. The molecule has 4 N–H and O–H groups in total. The average molecular weight is 324 g/mol. The number of anilines is 2. The molecule has 0 aliphatic heterocycles. The second kappa shape index (κ2) is 6.70. The fourth-order valence-corrected chi connectivity index (χ4v) is 2.44. The molecular formula is C15H15Cl2N3O. The Labute approximate surface area is 133 Å². The molecule has 4 nitrogen and oxygen atoms in total. The summed E-state index contributed by atoms with van der Waals surface area (Å²) in [5.74, 6) is 0. The average Bonchev–Trinajstić information content (AvgIpc) is 2.43. The Balaban J connectivity index is 2.13. The van der Waals surface area contributed by atoms with Gasteiger partial charge in [-0.15, -0.1) is 0 Å². The summed E-state index contributed by atoms with van der Waals surface area (Å²) in [6.45, 7) is 2.00. The van der Waals surface area contributed by atoms with Crippen LogP contribution in [0.1, 0.15) is 18.5 Å². The number of nitrogens with one attached hydrogen (secondary N) is 2.